The number of hydrogen-bond acceptors (Lipinski definition) is 3. The first kappa shape index (κ1) is 7.67. The van der Waals surface area contributed by atoms with E-state index < -0.39 is 0 Å². The van der Waals surface area contributed by atoms with Gasteiger partial charge in [0, 0.05) is 12.4 Å². The van der Waals surface area contributed by atoms with Gasteiger partial charge in [0.1, 0.15) is 0 Å². The molecule has 14 heavy (non-hydrogen) atoms. The zero-order valence-electron chi connectivity index (χ0n) is 7.55. The van der Waals surface area contributed by atoms with E-state index in [1.165, 1.54) is 18.4 Å². The SMILES string of the molecule is O=Cc1cnn2cc(C3CC3)cnc12. The van der Waals surface area contributed by atoms with Crippen molar-refractivity contribution in [3.05, 3.63) is 29.7 Å². The summed E-state index contributed by atoms with van der Waals surface area (Å²) in [6.07, 6.45) is 8.64. The fourth-order valence-corrected chi connectivity index (χ4v) is 1.62. The topological polar surface area (TPSA) is 47.3 Å². The first-order chi connectivity index (χ1) is 6.88. The number of carbonyl (C=O) groups excluding carboxylic acids is 1. The molecule has 0 saturated heterocycles. The van der Waals surface area contributed by atoms with Crippen molar-refractivity contribution in [3.8, 4) is 0 Å². The van der Waals surface area contributed by atoms with Crippen molar-refractivity contribution in [1.29, 1.82) is 0 Å². The van der Waals surface area contributed by atoms with Crippen LogP contribution in [0.25, 0.3) is 5.65 Å². The Kier molecular flexibility index (Phi) is 1.45. The largest absolute Gasteiger partial charge is 0.298 e. The molecule has 3 rings (SSSR count). The quantitative estimate of drug-likeness (QED) is 0.668. The highest BCUT2D eigenvalue weighted by atomic mass is 16.1. The fourth-order valence-electron chi connectivity index (χ4n) is 1.62. The maximum Gasteiger partial charge on any atom is 0.165 e. The molecule has 0 bridgehead atoms. The van der Waals surface area contributed by atoms with Gasteiger partial charge in [0.05, 0.1) is 11.8 Å². The maximum atomic E-state index is 10.6. The average Bonchev–Trinajstić information content (AvgIpc) is 2.98. The normalized spacial score (nSPS) is 16.0. The molecule has 1 aliphatic carbocycles. The summed E-state index contributed by atoms with van der Waals surface area (Å²) >= 11 is 0. The van der Waals surface area contributed by atoms with Crippen LogP contribution >= 0.6 is 0 Å². The van der Waals surface area contributed by atoms with Gasteiger partial charge < -0.3 is 0 Å². The predicted octanol–water partition coefficient (Wildman–Crippen LogP) is 1.42. The molecular weight excluding hydrogens is 178 g/mol. The van der Waals surface area contributed by atoms with E-state index in [4.69, 9.17) is 0 Å². The summed E-state index contributed by atoms with van der Waals surface area (Å²) in [5.74, 6) is 0.663. The summed E-state index contributed by atoms with van der Waals surface area (Å²) in [6, 6.07) is 0. The lowest BCUT2D eigenvalue weighted by molar-refractivity contribution is 0.112. The molecule has 2 aromatic rings. The first-order valence-corrected chi connectivity index (χ1v) is 4.67. The number of aldehydes is 1. The third-order valence-corrected chi connectivity index (χ3v) is 2.58. The van der Waals surface area contributed by atoms with Crippen molar-refractivity contribution in [1.82, 2.24) is 14.6 Å². The molecule has 0 radical (unpaired) electrons. The number of rotatable bonds is 2. The van der Waals surface area contributed by atoms with Crippen molar-refractivity contribution in [2.45, 2.75) is 18.8 Å². The molecule has 0 aromatic carbocycles. The van der Waals surface area contributed by atoms with Crippen LogP contribution in [-0.4, -0.2) is 20.9 Å². The summed E-state index contributed by atoms with van der Waals surface area (Å²) in [7, 11) is 0. The van der Waals surface area contributed by atoms with Gasteiger partial charge in [-0.3, -0.25) is 4.79 Å². The van der Waals surface area contributed by atoms with Gasteiger partial charge in [-0.05, 0) is 24.3 Å². The highest BCUT2D eigenvalue weighted by molar-refractivity contribution is 5.83. The maximum absolute atomic E-state index is 10.6. The minimum atomic E-state index is 0.548. The van der Waals surface area contributed by atoms with Gasteiger partial charge in [0.2, 0.25) is 0 Å². The Morgan fingerprint density at radius 1 is 1.43 bits per heavy atom. The van der Waals surface area contributed by atoms with E-state index >= 15 is 0 Å². The standard InChI is InChI=1S/C10H9N3O/c14-6-9-4-12-13-5-8(7-1-2-7)3-11-10(9)13/h3-7H,1-2H2. The molecular formula is C10H9N3O. The molecule has 0 unspecified atom stereocenters. The van der Waals surface area contributed by atoms with Crippen molar-refractivity contribution < 1.29 is 4.79 Å². The van der Waals surface area contributed by atoms with Crippen molar-refractivity contribution in [2.75, 3.05) is 0 Å². The zero-order chi connectivity index (χ0) is 9.54. The number of fused-ring (bicyclic) bond motifs is 1. The Hall–Kier alpha value is -1.71. The fraction of sp³-hybridized carbons (Fsp3) is 0.300. The number of aromatic nitrogens is 3. The Balaban J connectivity index is 2.19. The van der Waals surface area contributed by atoms with Crippen molar-refractivity contribution >= 4 is 11.9 Å². The average molecular weight is 187 g/mol. The molecule has 2 heterocycles. The molecule has 70 valence electrons. The van der Waals surface area contributed by atoms with Crippen LogP contribution in [0.4, 0.5) is 0 Å². The van der Waals surface area contributed by atoms with Gasteiger partial charge in [-0.25, -0.2) is 9.50 Å². The third kappa shape index (κ3) is 1.04. The van der Waals surface area contributed by atoms with Crippen LogP contribution in [0.3, 0.4) is 0 Å². The number of nitrogens with zero attached hydrogens (tertiary/aromatic N) is 3. The molecule has 0 atom stereocenters. The van der Waals surface area contributed by atoms with Crippen LogP contribution < -0.4 is 0 Å². The summed E-state index contributed by atoms with van der Waals surface area (Å²) in [4.78, 5) is 14.9. The van der Waals surface area contributed by atoms with E-state index in [0.717, 1.165) is 6.29 Å². The molecule has 0 aliphatic heterocycles. The first-order valence-electron chi connectivity index (χ1n) is 4.67. The van der Waals surface area contributed by atoms with Crippen molar-refractivity contribution in [2.24, 2.45) is 0 Å². The molecule has 1 aliphatic rings. The molecule has 0 spiro atoms. The van der Waals surface area contributed by atoms with E-state index in [9.17, 15) is 4.79 Å². The predicted molar refractivity (Wildman–Crippen MR) is 50.3 cm³/mol. The van der Waals surface area contributed by atoms with Gasteiger partial charge in [-0.2, -0.15) is 5.10 Å². The summed E-state index contributed by atoms with van der Waals surface area (Å²) in [6.45, 7) is 0. The second-order valence-electron chi connectivity index (χ2n) is 3.65. The Labute approximate surface area is 80.6 Å². The lowest BCUT2D eigenvalue weighted by Gasteiger charge is -1.97. The molecule has 4 nitrogen and oxygen atoms in total. The molecule has 1 saturated carbocycles. The number of carbonyl (C=O) groups is 1. The zero-order valence-corrected chi connectivity index (χ0v) is 7.55. The molecule has 1 fully saturated rings. The van der Waals surface area contributed by atoms with E-state index in [1.807, 2.05) is 12.4 Å². The third-order valence-electron chi connectivity index (χ3n) is 2.58. The Morgan fingerprint density at radius 2 is 2.29 bits per heavy atom. The lowest BCUT2D eigenvalue weighted by atomic mass is 10.2. The summed E-state index contributed by atoms with van der Waals surface area (Å²) < 4.78 is 1.68. The molecule has 4 heteroatoms. The minimum absolute atomic E-state index is 0.548. The Bertz CT molecular complexity index is 499. The van der Waals surface area contributed by atoms with Crippen LogP contribution in [0.15, 0.2) is 18.6 Å². The second-order valence-corrected chi connectivity index (χ2v) is 3.65. The minimum Gasteiger partial charge on any atom is -0.298 e. The van der Waals surface area contributed by atoms with Crippen LogP contribution in [0.2, 0.25) is 0 Å². The van der Waals surface area contributed by atoms with Gasteiger partial charge in [-0.15, -0.1) is 0 Å². The lowest BCUT2D eigenvalue weighted by Crippen LogP contribution is -1.93. The van der Waals surface area contributed by atoms with Gasteiger partial charge in [-0.1, -0.05) is 0 Å². The van der Waals surface area contributed by atoms with E-state index in [-0.39, 0.29) is 0 Å². The summed E-state index contributed by atoms with van der Waals surface area (Å²) in [5, 5.41) is 4.08. The van der Waals surface area contributed by atoms with Crippen LogP contribution in [-0.2, 0) is 0 Å². The van der Waals surface area contributed by atoms with E-state index in [1.54, 1.807) is 10.7 Å². The van der Waals surface area contributed by atoms with Crippen LogP contribution in [0.1, 0.15) is 34.7 Å². The highest BCUT2D eigenvalue weighted by Gasteiger charge is 2.24. The van der Waals surface area contributed by atoms with E-state index in [0.29, 0.717) is 17.1 Å². The molecule has 0 amide bonds. The highest BCUT2D eigenvalue weighted by Crippen LogP contribution is 2.39. The van der Waals surface area contributed by atoms with Gasteiger partial charge in [0.25, 0.3) is 0 Å². The van der Waals surface area contributed by atoms with Gasteiger partial charge >= 0.3 is 0 Å². The number of hydrogen-bond donors (Lipinski definition) is 0. The monoisotopic (exact) mass is 187 g/mol. The second kappa shape index (κ2) is 2.64. The molecule has 2 aromatic heterocycles. The van der Waals surface area contributed by atoms with Gasteiger partial charge in [0.15, 0.2) is 11.9 Å². The smallest absolute Gasteiger partial charge is 0.165 e. The summed E-state index contributed by atoms with van der Waals surface area (Å²) in [5.41, 5.74) is 2.41. The van der Waals surface area contributed by atoms with Crippen LogP contribution in [0.5, 0.6) is 0 Å². The Morgan fingerprint density at radius 3 is 3.00 bits per heavy atom. The van der Waals surface area contributed by atoms with E-state index in [2.05, 4.69) is 10.1 Å². The van der Waals surface area contributed by atoms with Crippen LogP contribution in [0, 0.1) is 0 Å². The molecule has 0 N–H and O–H groups in total. The van der Waals surface area contributed by atoms with Crippen molar-refractivity contribution in [3.63, 3.8) is 0 Å².